The van der Waals surface area contributed by atoms with Crippen molar-refractivity contribution in [1.82, 2.24) is 14.9 Å². The number of pyridine rings is 1. The molecule has 1 N–H and O–H groups in total. The van der Waals surface area contributed by atoms with Gasteiger partial charge in [-0.25, -0.2) is 13.4 Å². The van der Waals surface area contributed by atoms with Gasteiger partial charge in [-0.1, -0.05) is 12.1 Å². The largest absolute Gasteiger partial charge is 0.346 e. The Morgan fingerprint density at radius 3 is 2.63 bits per heavy atom. The van der Waals surface area contributed by atoms with E-state index in [0.717, 1.165) is 23.9 Å². The minimum absolute atomic E-state index is 0.205. The second-order valence-electron chi connectivity index (χ2n) is 7.64. The average Bonchev–Trinajstić information content (AvgIpc) is 3.18. The lowest BCUT2D eigenvalue weighted by Gasteiger charge is -2.32. The number of nitrogens with zero attached hydrogens (tertiary/aromatic N) is 3. The van der Waals surface area contributed by atoms with E-state index >= 15 is 0 Å². The first-order chi connectivity index (χ1) is 14.4. The molecule has 30 heavy (non-hydrogen) atoms. The SMILES string of the molecule is N#Cc1ccc(CS(=O)(=O)CC(=O)N2CCC(c3c[nH]c4ncccc34)CC2)cc1. The molecule has 0 aliphatic carbocycles. The molecule has 8 heteroatoms. The fourth-order valence-corrected chi connectivity index (χ4v) is 5.38. The Bertz CT molecular complexity index is 1200. The molecule has 0 unspecified atom stereocenters. The number of nitrogens with one attached hydrogen (secondary N) is 1. The first-order valence-corrected chi connectivity index (χ1v) is 11.7. The highest BCUT2D eigenvalue weighted by atomic mass is 32.2. The van der Waals surface area contributed by atoms with Crippen LogP contribution in [-0.2, 0) is 20.4 Å². The number of carbonyl (C=O) groups is 1. The molecule has 0 radical (unpaired) electrons. The zero-order valence-corrected chi connectivity index (χ0v) is 17.2. The van der Waals surface area contributed by atoms with Crippen molar-refractivity contribution in [1.29, 1.82) is 5.26 Å². The molecule has 4 rings (SSSR count). The van der Waals surface area contributed by atoms with Crippen molar-refractivity contribution in [2.24, 2.45) is 0 Å². The molecule has 7 nitrogen and oxygen atoms in total. The standard InChI is InChI=1S/C22H22N4O3S/c23-12-16-3-5-17(6-4-16)14-30(28,29)15-21(27)26-10-7-18(8-11-26)20-13-25-22-19(20)2-1-9-24-22/h1-6,9,13,18H,7-8,10-11,14-15H2,(H,24,25). The van der Waals surface area contributed by atoms with Gasteiger partial charge in [0.2, 0.25) is 5.91 Å². The highest BCUT2D eigenvalue weighted by Gasteiger charge is 2.28. The molecule has 154 valence electrons. The number of piperidine rings is 1. The van der Waals surface area contributed by atoms with Gasteiger partial charge in [0.05, 0.1) is 17.4 Å². The molecule has 2 aromatic heterocycles. The van der Waals surface area contributed by atoms with Crippen molar-refractivity contribution in [3.8, 4) is 6.07 Å². The fraction of sp³-hybridized carbons (Fsp3) is 0.318. The maximum absolute atomic E-state index is 12.6. The summed E-state index contributed by atoms with van der Waals surface area (Å²) in [5.74, 6) is -0.720. The number of fused-ring (bicyclic) bond motifs is 1. The van der Waals surface area contributed by atoms with E-state index in [9.17, 15) is 13.2 Å². The number of amides is 1. The second kappa shape index (κ2) is 8.28. The molecule has 1 fully saturated rings. The van der Waals surface area contributed by atoms with Crippen LogP contribution in [0.15, 0.2) is 48.8 Å². The fourth-order valence-electron chi connectivity index (χ4n) is 4.01. The molecule has 1 saturated heterocycles. The molecular formula is C22H22N4O3S. The third-order valence-corrected chi connectivity index (χ3v) is 7.04. The number of nitriles is 1. The van der Waals surface area contributed by atoms with E-state index in [0.29, 0.717) is 30.1 Å². The summed E-state index contributed by atoms with van der Waals surface area (Å²) in [5, 5.41) is 9.94. The highest BCUT2D eigenvalue weighted by Crippen LogP contribution is 2.32. The number of H-pyrrole nitrogens is 1. The number of aromatic amines is 1. The number of hydrogen-bond donors (Lipinski definition) is 1. The Kier molecular flexibility index (Phi) is 5.55. The maximum atomic E-state index is 12.6. The van der Waals surface area contributed by atoms with Gasteiger partial charge >= 0.3 is 0 Å². The van der Waals surface area contributed by atoms with Gasteiger partial charge in [-0.2, -0.15) is 5.26 Å². The third kappa shape index (κ3) is 4.36. The van der Waals surface area contributed by atoms with Gasteiger partial charge in [-0.3, -0.25) is 4.79 Å². The van der Waals surface area contributed by atoms with Gasteiger partial charge in [0.15, 0.2) is 9.84 Å². The number of likely N-dealkylation sites (tertiary alicyclic amines) is 1. The number of aromatic nitrogens is 2. The van der Waals surface area contributed by atoms with E-state index in [2.05, 4.69) is 9.97 Å². The van der Waals surface area contributed by atoms with E-state index in [4.69, 9.17) is 5.26 Å². The van der Waals surface area contributed by atoms with E-state index in [1.165, 1.54) is 5.56 Å². The summed E-state index contributed by atoms with van der Waals surface area (Å²) >= 11 is 0. The van der Waals surface area contributed by atoms with E-state index in [1.807, 2.05) is 24.4 Å². The molecule has 3 heterocycles. The van der Waals surface area contributed by atoms with Crippen molar-refractivity contribution in [2.45, 2.75) is 24.5 Å². The quantitative estimate of drug-likeness (QED) is 0.680. The van der Waals surface area contributed by atoms with Crippen LogP contribution in [0, 0.1) is 11.3 Å². The van der Waals surface area contributed by atoms with Crippen molar-refractivity contribution >= 4 is 26.8 Å². The Morgan fingerprint density at radius 1 is 1.20 bits per heavy atom. The smallest absolute Gasteiger partial charge is 0.237 e. The van der Waals surface area contributed by atoms with Crippen LogP contribution in [0.25, 0.3) is 11.0 Å². The van der Waals surface area contributed by atoms with E-state index in [1.54, 1.807) is 35.4 Å². The van der Waals surface area contributed by atoms with Crippen molar-refractivity contribution in [3.05, 3.63) is 65.5 Å². The zero-order valence-electron chi connectivity index (χ0n) is 16.4. The van der Waals surface area contributed by atoms with E-state index < -0.39 is 15.6 Å². The van der Waals surface area contributed by atoms with Crippen LogP contribution in [-0.4, -0.2) is 48.0 Å². The lowest BCUT2D eigenvalue weighted by molar-refractivity contribution is -0.129. The van der Waals surface area contributed by atoms with Gasteiger partial charge in [0, 0.05) is 30.9 Å². The van der Waals surface area contributed by atoms with Crippen LogP contribution < -0.4 is 0 Å². The summed E-state index contributed by atoms with van der Waals surface area (Å²) in [6, 6.07) is 12.3. The number of benzene rings is 1. The summed E-state index contributed by atoms with van der Waals surface area (Å²) in [5.41, 5.74) is 3.12. The first-order valence-electron chi connectivity index (χ1n) is 9.84. The van der Waals surface area contributed by atoms with Gasteiger partial charge in [-0.05, 0) is 54.2 Å². The van der Waals surface area contributed by atoms with Gasteiger partial charge in [-0.15, -0.1) is 0 Å². The molecule has 0 bridgehead atoms. The minimum Gasteiger partial charge on any atom is -0.346 e. The van der Waals surface area contributed by atoms with Crippen LogP contribution in [0.2, 0.25) is 0 Å². The summed E-state index contributed by atoms with van der Waals surface area (Å²) < 4.78 is 25.0. The van der Waals surface area contributed by atoms with Crippen LogP contribution in [0.1, 0.15) is 35.4 Å². The molecular weight excluding hydrogens is 400 g/mol. The number of hydrogen-bond acceptors (Lipinski definition) is 5. The lowest BCUT2D eigenvalue weighted by Crippen LogP contribution is -2.41. The third-order valence-electron chi connectivity index (χ3n) is 5.58. The molecule has 1 amide bonds. The Balaban J connectivity index is 1.35. The minimum atomic E-state index is -3.58. The zero-order chi connectivity index (χ0) is 21.1. The monoisotopic (exact) mass is 422 g/mol. The molecule has 0 atom stereocenters. The van der Waals surface area contributed by atoms with Crippen LogP contribution >= 0.6 is 0 Å². The lowest BCUT2D eigenvalue weighted by atomic mass is 9.89. The molecule has 1 aliphatic heterocycles. The van der Waals surface area contributed by atoms with Crippen molar-refractivity contribution in [3.63, 3.8) is 0 Å². The predicted molar refractivity (Wildman–Crippen MR) is 113 cm³/mol. The van der Waals surface area contributed by atoms with Gasteiger partial charge in [0.1, 0.15) is 11.4 Å². The molecule has 1 aliphatic rings. The molecule has 0 spiro atoms. The number of rotatable bonds is 5. The summed E-state index contributed by atoms with van der Waals surface area (Å²) in [7, 11) is -3.58. The van der Waals surface area contributed by atoms with E-state index in [-0.39, 0.29) is 11.7 Å². The highest BCUT2D eigenvalue weighted by molar-refractivity contribution is 7.91. The van der Waals surface area contributed by atoms with Crippen LogP contribution in [0.4, 0.5) is 0 Å². The average molecular weight is 423 g/mol. The maximum Gasteiger partial charge on any atom is 0.237 e. The topological polar surface area (TPSA) is 107 Å². The van der Waals surface area contributed by atoms with Crippen molar-refractivity contribution in [2.75, 3.05) is 18.8 Å². The van der Waals surface area contributed by atoms with Crippen LogP contribution in [0.3, 0.4) is 0 Å². The molecule has 1 aromatic carbocycles. The summed E-state index contributed by atoms with van der Waals surface area (Å²) in [6.07, 6.45) is 5.33. The van der Waals surface area contributed by atoms with Crippen LogP contribution in [0.5, 0.6) is 0 Å². The first kappa shape index (κ1) is 20.1. The van der Waals surface area contributed by atoms with Gasteiger partial charge < -0.3 is 9.88 Å². The van der Waals surface area contributed by atoms with Gasteiger partial charge in [0.25, 0.3) is 0 Å². The second-order valence-corrected chi connectivity index (χ2v) is 9.70. The Morgan fingerprint density at radius 2 is 1.93 bits per heavy atom. The molecule has 0 saturated carbocycles. The predicted octanol–water partition coefficient (Wildman–Crippen LogP) is 2.76. The number of carbonyl (C=O) groups excluding carboxylic acids is 1. The normalized spacial score (nSPS) is 15.2. The van der Waals surface area contributed by atoms with Crippen molar-refractivity contribution < 1.29 is 13.2 Å². The summed E-state index contributed by atoms with van der Waals surface area (Å²) in [4.78, 5) is 21.8. The number of sulfone groups is 1. The molecule has 3 aromatic rings. The Hall–Kier alpha value is -3.18. The Labute approximate surface area is 175 Å². The summed E-state index contributed by atoms with van der Waals surface area (Å²) in [6.45, 7) is 1.09.